The average molecular weight is 171 g/mol. The molecule has 2 heterocycles. The van der Waals surface area contributed by atoms with Crippen LogP contribution in [0.1, 0.15) is 12.8 Å². The molecule has 0 saturated carbocycles. The summed E-state index contributed by atoms with van der Waals surface area (Å²) < 4.78 is 10.2. The maximum Gasteiger partial charge on any atom is 0.410 e. The summed E-state index contributed by atoms with van der Waals surface area (Å²) in [6, 6.07) is 0.260. The van der Waals surface area contributed by atoms with Gasteiger partial charge in [0.1, 0.15) is 6.61 Å². The number of amides is 1. The number of nitrogens with zero attached hydrogens (tertiary/aromatic N) is 1. The predicted octanol–water partition coefficient (Wildman–Crippen LogP) is 0.616. The molecule has 0 spiro atoms. The number of carbonyl (C=O) groups is 1. The molecule has 2 rings (SSSR count). The summed E-state index contributed by atoms with van der Waals surface area (Å²) in [5, 5.41) is 0. The third-order valence-corrected chi connectivity index (χ3v) is 2.63. The van der Waals surface area contributed by atoms with Gasteiger partial charge in [-0.2, -0.15) is 0 Å². The lowest BCUT2D eigenvalue weighted by molar-refractivity contribution is 0.0364. The normalized spacial score (nSPS) is 34.8. The molecule has 12 heavy (non-hydrogen) atoms. The molecule has 68 valence electrons. The molecule has 2 fully saturated rings. The Balaban J connectivity index is 1.99. The van der Waals surface area contributed by atoms with Crippen LogP contribution in [0.15, 0.2) is 0 Å². The maximum atomic E-state index is 11.1. The van der Waals surface area contributed by atoms with E-state index in [-0.39, 0.29) is 12.1 Å². The van der Waals surface area contributed by atoms with Crippen LogP contribution in [-0.4, -0.2) is 43.4 Å². The Kier molecular flexibility index (Phi) is 1.92. The summed E-state index contributed by atoms with van der Waals surface area (Å²) in [6.07, 6.45) is 2.00. The van der Waals surface area contributed by atoms with Crippen molar-refractivity contribution in [3.05, 3.63) is 0 Å². The summed E-state index contributed by atoms with van der Waals surface area (Å²) in [7, 11) is 1.72. The van der Waals surface area contributed by atoms with Crippen LogP contribution in [0.4, 0.5) is 4.79 Å². The van der Waals surface area contributed by atoms with E-state index in [1.54, 1.807) is 12.0 Å². The molecule has 0 aromatic rings. The zero-order valence-corrected chi connectivity index (χ0v) is 7.16. The van der Waals surface area contributed by atoms with Crippen LogP contribution in [0.3, 0.4) is 0 Å². The van der Waals surface area contributed by atoms with Gasteiger partial charge in [-0.15, -0.1) is 0 Å². The molecule has 4 nitrogen and oxygen atoms in total. The standard InChI is InChI=1S/C8H13NO3/c1-11-7-2-3-9-6(4-7)5-12-8(9)10/h6-7H,2-5H2,1H3/t6-,7+/m1/s1. The fourth-order valence-corrected chi connectivity index (χ4v) is 1.88. The number of carbonyl (C=O) groups excluding carboxylic acids is 1. The fraction of sp³-hybridized carbons (Fsp3) is 0.875. The topological polar surface area (TPSA) is 38.8 Å². The largest absolute Gasteiger partial charge is 0.447 e. The van der Waals surface area contributed by atoms with Gasteiger partial charge in [-0.05, 0) is 12.8 Å². The van der Waals surface area contributed by atoms with Gasteiger partial charge in [0.05, 0.1) is 12.1 Å². The summed E-state index contributed by atoms with van der Waals surface area (Å²) in [6.45, 7) is 1.32. The Morgan fingerprint density at radius 1 is 1.67 bits per heavy atom. The van der Waals surface area contributed by atoms with Crippen LogP contribution < -0.4 is 0 Å². The van der Waals surface area contributed by atoms with Crippen LogP contribution in [0, 0.1) is 0 Å². The van der Waals surface area contributed by atoms with Crippen molar-refractivity contribution in [2.45, 2.75) is 25.0 Å². The van der Waals surface area contributed by atoms with Crippen molar-refractivity contribution < 1.29 is 14.3 Å². The van der Waals surface area contributed by atoms with Gasteiger partial charge >= 0.3 is 6.09 Å². The van der Waals surface area contributed by atoms with E-state index in [0.717, 1.165) is 19.4 Å². The molecular formula is C8H13NO3. The number of fused-ring (bicyclic) bond motifs is 1. The number of ether oxygens (including phenoxy) is 2. The van der Waals surface area contributed by atoms with Crippen LogP contribution in [0.2, 0.25) is 0 Å². The first-order chi connectivity index (χ1) is 5.81. The molecule has 0 radical (unpaired) electrons. The molecule has 1 amide bonds. The monoisotopic (exact) mass is 171 g/mol. The second kappa shape index (κ2) is 2.94. The lowest BCUT2D eigenvalue weighted by Gasteiger charge is -2.31. The highest BCUT2D eigenvalue weighted by Crippen LogP contribution is 2.24. The van der Waals surface area contributed by atoms with Crippen LogP contribution in [0.5, 0.6) is 0 Å². The Hall–Kier alpha value is -0.770. The van der Waals surface area contributed by atoms with E-state index < -0.39 is 0 Å². The molecule has 0 bridgehead atoms. The fourth-order valence-electron chi connectivity index (χ4n) is 1.88. The number of cyclic esters (lactones) is 1. The number of piperidine rings is 1. The van der Waals surface area contributed by atoms with E-state index in [1.807, 2.05) is 0 Å². The van der Waals surface area contributed by atoms with Crippen molar-refractivity contribution in [2.24, 2.45) is 0 Å². The lowest BCUT2D eigenvalue weighted by atomic mass is 10.0. The Morgan fingerprint density at radius 3 is 3.25 bits per heavy atom. The van der Waals surface area contributed by atoms with Crippen molar-refractivity contribution in [1.29, 1.82) is 0 Å². The Labute approximate surface area is 71.4 Å². The lowest BCUT2D eigenvalue weighted by Crippen LogP contribution is -2.43. The molecule has 0 aliphatic carbocycles. The molecule has 2 saturated heterocycles. The highest BCUT2D eigenvalue weighted by atomic mass is 16.6. The zero-order valence-electron chi connectivity index (χ0n) is 7.16. The predicted molar refractivity (Wildman–Crippen MR) is 41.9 cm³/mol. The van der Waals surface area contributed by atoms with Crippen molar-refractivity contribution in [1.82, 2.24) is 4.90 Å². The molecular weight excluding hydrogens is 158 g/mol. The van der Waals surface area contributed by atoms with Gasteiger partial charge < -0.3 is 14.4 Å². The molecule has 0 N–H and O–H groups in total. The van der Waals surface area contributed by atoms with Gasteiger partial charge in [0.15, 0.2) is 0 Å². The number of rotatable bonds is 1. The zero-order chi connectivity index (χ0) is 8.55. The van der Waals surface area contributed by atoms with Crippen LogP contribution in [-0.2, 0) is 9.47 Å². The average Bonchev–Trinajstić information content (AvgIpc) is 2.47. The highest BCUT2D eigenvalue weighted by Gasteiger charge is 2.37. The van der Waals surface area contributed by atoms with E-state index in [4.69, 9.17) is 9.47 Å². The van der Waals surface area contributed by atoms with Gasteiger partial charge in [0.25, 0.3) is 0 Å². The molecule has 0 unspecified atom stereocenters. The molecule has 0 aromatic heterocycles. The third-order valence-electron chi connectivity index (χ3n) is 2.63. The van der Waals surface area contributed by atoms with Crippen molar-refractivity contribution in [3.63, 3.8) is 0 Å². The quantitative estimate of drug-likeness (QED) is 0.580. The second-order valence-corrected chi connectivity index (χ2v) is 3.31. The summed E-state index contributed by atoms with van der Waals surface area (Å²) in [5.74, 6) is 0. The first-order valence-electron chi connectivity index (χ1n) is 4.27. The first kappa shape index (κ1) is 7.86. The Morgan fingerprint density at radius 2 is 2.50 bits per heavy atom. The van der Waals surface area contributed by atoms with E-state index in [0.29, 0.717) is 12.7 Å². The van der Waals surface area contributed by atoms with Gasteiger partial charge in [-0.3, -0.25) is 0 Å². The minimum Gasteiger partial charge on any atom is -0.447 e. The van der Waals surface area contributed by atoms with E-state index in [2.05, 4.69) is 0 Å². The SMILES string of the molecule is CO[C@H]1CCN2C(=O)OC[C@H]2C1. The summed E-state index contributed by atoms with van der Waals surface area (Å²) in [4.78, 5) is 12.9. The molecule has 2 aliphatic heterocycles. The van der Waals surface area contributed by atoms with Gasteiger partial charge in [-0.1, -0.05) is 0 Å². The molecule has 2 atom stereocenters. The van der Waals surface area contributed by atoms with Gasteiger partial charge in [-0.25, -0.2) is 4.79 Å². The summed E-state index contributed by atoms with van der Waals surface area (Å²) >= 11 is 0. The number of hydrogen-bond acceptors (Lipinski definition) is 3. The maximum absolute atomic E-state index is 11.1. The van der Waals surface area contributed by atoms with E-state index >= 15 is 0 Å². The van der Waals surface area contributed by atoms with Crippen molar-refractivity contribution >= 4 is 6.09 Å². The van der Waals surface area contributed by atoms with Gasteiger partial charge in [0.2, 0.25) is 0 Å². The highest BCUT2D eigenvalue weighted by molar-refractivity contribution is 5.70. The molecule has 4 heteroatoms. The number of hydrogen-bond donors (Lipinski definition) is 0. The van der Waals surface area contributed by atoms with E-state index in [9.17, 15) is 4.79 Å². The summed E-state index contributed by atoms with van der Waals surface area (Å²) in [5.41, 5.74) is 0. The first-order valence-corrected chi connectivity index (χ1v) is 4.27. The minimum atomic E-state index is -0.158. The molecule has 0 aromatic carbocycles. The third kappa shape index (κ3) is 1.16. The smallest absolute Gasteiger partial charge is 0.410 e. The number of methoxy groups -OCH3 is 1. The van der Waals surface area contributed by atoms with Crippen LogP contribution >= 0.6 is 0 Å². The van der Waals surface area contributed by atoms with Crippen LogP contribution in [0.25, 0.3) is 0 Å². The molecule has 2 aliphatic rings. The van der Waals surface area contributed by atoms with E-state index in [1.165, 1.54) is 0 Å². The van der Waals surface area contributed by atoms with Crippen molar-refractivity contribution in [3.8, 4) is 0 Å². The minimum absolute atomic E-state index is 0.158. The second-order valence-electron chi connectivity index (χ2n) is 3.31. The van der Waals surface area contributed by atoms with Gasteiger partial charge in [0, 0.05) is 13.7 Å². The van der Waals surface area contributed by atoms with Crippen molar-refractivity contribution in [2.75, 3.05) is 20.3 Å². The Bertz CT molecular complexity index is 195.